The van der Waals surface area contributed by atoms with Crippen LogP contribution in [0, 0.1) is 17.8 Å². The monoisotopic (exact) mass is 563 g/mol. The minimum Gasteiger partial charge on any atom is -0.356 e. The van der Waals surface area contributed by atoms with Gasteiger partial charge in [0.25, 0.3) is 11.8 Å². The maximum atomic E-state index is 14.4. The number of aromatic amines is 1. The van der Waals surface area contributed by atoms with Gasteiger partial charge in [-0.2, -0.15) is 0 Å². The van der Waals surface area contributed by atoms with Crippen molar-refractivity contribution in [2.75, 3.05) is 13.1 Å². The van der Waals surface area contributed by atoms with E-state index >= 15 is 0 Å². The number of nitrogens with one attached hydrogen (secondary N) is 3. The van der Waals surface area contributed by atoms with Gasteiger partial charge in [-0.15, -0.1) is 0 Å². The molecular formula is C31H41N5O5. The van der Waals surface area contributed by atoms with Crippen LogP contribution in [0.1, 0.15) is 75.7 Å². The third-order valence-electron chi connectivity index (χ3n) is 9.00. The molecule has 1 aliphatic carbocycles. The molecule has 1 aromatic heterocycles. The molecule has 41 heavy (non-hydrogen) atoms. The zero-order valence-corrected chi connectivity index (χ0v) is 23.9. The first kappa shape index (κ1) is 28.8. The smallest absolute Gasteiger partial charge is 0.325 e. The Labute approximate surface area is 240 Å². The van der Waals surface area contributed by atoms with E-state index in [0.29, 0.717) is 43.8 Å². The number of likely N-dealkylation sites (tertiary alicyclic amines) is 1. The summed E-state index contributed by atoms with van der Waals surface area (Å²) in [6.07, 6.45) is 7.21. The van der Waals surface area contributed by atoms with E-state index in [2.05, 4.69) is 15.6 Å². The maximum Gasteiger partial charge on any atom is 0.325 e. The van der Waals surface area contributed by atoms with Gasteiger partial charge in [0.05, 0.1) is 6.04 Å². The third kappa shape index (κ3) is 6.16. The molecule has 5 amide bonds. The summed E-state index contributed by atoms with van der Waals surface area (Å²) in [7, 11) is 0. The summed E-state index contributed by atoms with van der Waals surface area (Å²) in [5.41, 5.74) is 1.22. The Balaban J connectivity index is 1.47. The van der Waals surface area contributed by atoms with Gasteiger partial charge in [-0.25, -0.2) is 4.79 Å². The second-order valence-electron chi connectivity index (χ2n) is 12.2. The molecule has 0 radical (unpaired) electrons. The molecule has 2 saturated heterocycles. The Bertz CT molecular complexity index is 1270. The van der Waals surface area contributed by atoms with Crippen molar-refractivity contribution in [3.8, 4) is 0 Å². The standard InChI is InChI=1S/C31H41N5O5/c1-19(2)33-31(41)36(24(18-37)14-22-12-13-32-28(22)38)30(40)27-16-23(20-8-4-3-5-9-20)17-35(27)29(39)26-15-21-10-6-7-11-25(21)34-26/h6-7,10-11,15,18-20,22-24,27,34H,3-5,8-9,12-14,16-17H2,1-2H3,(H,32,38)(H,33,41). The molecule has 10 nitrogen and oxygen atoms in total. The third-order valence-corrected chi connectivity index (χ3v) is 9.00. The molecule has 2 aromatic rings. The summed E-state index contributed by atoms with van der Waals surface area (Å²) < 4.78 is 0. The minimum atomic E-state index is -1.12. The predicted molar refractivity (Wildman–Crippen MR) is 154 cm³/mol. The highest BCUT2D eigenvalue weighted by atomic mass is 16.2. The number of aldehydes is 1. The SMILES string of the molecule is CC(C)NC(=O)N(C(=O)C1CC(C2CCCCC2)CN1C(=O)c1cc2ccccc2[nH]1)C(C=O)CC1CCNC1=O. The number of imide groups is 1. The molecular weight excluding hydrogens is 522 g/mol. The van der Waals surface area contributed by atoms with Crippen LogP contribution < -0.4 is 10.6 Å². The second-order valence-corrected chi connectivity index (χ2v) is 12.2. The van der Waals surface area contributed by atoms with Gasteiger partial charge in [-0.3, -0.25) is 19.3 Å². The van der Waals surface area contributed by atoms with Crippen molar-refractivity contribution in [2.45, 2.75) is 83.3 Å². The lowest BCUT2D eigenvalue weighted by Gasteiger charge is -2.33. The summed E-state index contributed by atoms with van der Waals surface area (Å²) >= 11 is 0. The molecule has 3 heterocycles. The fraction of sp³-hybridized carbons (Fsp3) is 0.581. The number of carbonyl (C=O) groups is 5. The highest BCUT2D eigenvalue weighted by Gasteiger charge is 2.47. The minimum absolute atomic E-state index is 0.0569. The van der Waals surface area contributed by atoms with Gasteiger partial charge in [0.2, 0.25) is 5.91 Å². The molecule has 5 rings (SSSR count). The van der Waals surface area contributed by atoms with Crippen LogP contribution in [0.2, 0.25) is 0 Å². The van der Waals surface area contributed by atoms with Crippen molar-refractivity contribution in [3.05, 3.63) is 36.0 Å². The van der Waals surface area contributed by atoms with Gasteiger partial charge in [-0.1, -0.05) is 50.3 Å². The zero-order valence-electron chi connectivity index (χ0n) is 23.9. The van der Waals surface area contributed by atoms with Crippen LogP contribution in [0.15, 0.2) is 30.3 Å². The number of benzene rings is 1. The predicted octanol–water partition coefficient (Wildman–Crippen LogP) is 3.62. The summed E-state index contributed by atoms with van der Waals surface area (Å²) in [5, 5.41) is 6.42. The van der Waals surface area contributed by atoms with Gasteiger partial charge in [0.1, 0.15) is 18.0 Å². The van der Waals surface area contributed by atoms with Crippen molar-refractivity contribution < 1.29 is 24.0 Å². The van der Waals surface area contributed by atoms with Gasteiger partial charge >= 0.3 is 6.03 Å². The second kappa shape index (κ2) is 12.4. The number of urea groups is 1. The number of para-hydroxylation sites is 1. The molecule has 3 N–H and O–H groups in total. The van der Waals surface area contributed by atoms with Crippen molar-refractivity contribution in [2.24, 2.45) is 17.8 Å². The first-order chi connectivity index (χ1) is 19.8. The molecule has 2 aliphatic heterocycles. The number of fused-ring (bicyclic) bond motifs is 1. The fourth-order valence-electron chi connectivity index (χ4n) is 6.89. The molecule has 3 fully saturated rings. The molecule has 4 unspecified atom stereocenters. The normalized spacial score (nSPS) is 23.9. The quantitative estimate of drug-likeness (QED) is 0.422. The summed E-state index contributed by atoms with van der Waals surface area (Å²) in [6, 6.07) is 6.45. The lowest BCUT2D eigenvalue weighted by Crippen LogP contribution is -2.57. The average molecular weight is 564 g/mol. The van der Waals surface area contributed by atoms with E-state index in [-0.39, 0.29) is 30.2 Å². The lowest BCUT2D eigenvalue weighted by molar-refractivity contribution is -0.137. The molecule has 1 aromatic carbocycles. The van der Waals surface area contributed by atoms with Crippen LogP contribution in [0.25, 0.3) is 10.9 Å². The van der Waals surface area contributed by atoms with Crippen molar-refractivity contribution in [3.63, 3.8) is 0 Å². The first-order valence-corrected chi connectivity index (χ1v) is 15.0. The van der Waals surface area contributed by atoms with Crippen LogP contribution in [0.5, 0.6) is 0 Å². The van der Waals surface area contributed by atoms with Crippen LogP contribution >= 0.6 is 0 Å². The highest BCUT2D eigenvalue weighted by Crippen LogP contribution is 2.39. The largest absolute Gasteiger partial charge is 0.356 e. The van der Waals surface area contributed by atoms with Crippen molar-refractivity contribution >= 4 is 40.9 Å². The molecule has 10 heteroatoms. The van der Waals surface area contributed by atoms with Gasteiger partial charge in [0.15, 0.2) is 0 Å². The average Bonchev–Trinajstić information content (AvgIpc) is 3.70. The summed E-state index contributed by atoms with van der Waals surface area (Å²) in [6.45, 7) is 4.48. The molecule has 220 valence electrons. The summed E-state index contributed by atoms with van der Waals surface area (Å²) in [4.78, 5) is 72.4. The van der Waals surface area contributed by atoms with Crippen LogP contribution in [0.4, 0.5) is 4.79 Å². The van der Waals surface area contributed by atoms with Crippen LogP contribution in [-0.4, -0.2) is 76.0 Å². The van der Waals surface area contributed by atoms with E-state index < -0.39 is 29.9 Å². The number of amides is 5. The number of carbonyl (C=O) groups excluding carboxylic acids is 5. The Morgan fingerprint density at radius 1 is 1.10 bits per heavy atom. The van der Waals surface area contributed by atoms with Gasteiger partial charge in [-0.05, 0) is 57.1 Å². The molecule has 4 atom stereocenters. The van der Waals surface area contributed by atoms with Gasteiger partial charge in [0, 0.05) is 36.0 Å². The Morgan fingerprint density at radius 2 is 1.85 bits per heavy atom. The van der Waals surface area contributed by atoms with E-state index in [1.165, 1.54) is 6.42 Å². The zero-order chi connectivity index (χ0) is 29.1. The first-order valence-electron chi connectivity index (χ1n) is 15.0. The Hall–Kier alpha value is -3.69. The van der Waals surface area contributed by atoms with E-state index in [0.717, 1.165) is 41.5 Å². The number of hydrogen-bond donors (Lipinski definition) is 3. The van der Waals surface area contributed by atoms with E-state index in [1.54, 1.807) is 24.8 Å². The van der Waals surface area contributed by atoms with Crippen molar-refractivity contribution in [1.82, 2.24) is 25.4 Å². The number of aromatic nitrogens is 1. The van der Waals surface area contributed by atoms with E-state index in [9.17, 15) is 24.0 Å². The molecule has 0 bridgehead atoms. The van der Waals surface area contributed by atoms with Crippen molar-refractivity contribution in [1.29, 1.82) is 0 Å². The van der Waals surface area contributed by atoms with Gasteiger partial charge < -0.3 is 25.3 Å². The van der Waals surface area contributed by atoms with Crippen LogP contribution in [-0.2, 0) is 14.4 Å². The molecule has 0 spiro atoms. The number of nitrogens with zero attached hydrogens (tertiary/aromatic N) is 2. The lowest BCUT2D eigenvalue weighted by atomic mass is 9.79. The Morgan fingerprint density at radius 3 is 2.51 bits per heavy atom. The molecule has 3 aliphatic rings. The Kier molecular flexibility index (Phi) is 8.75. The number of hydrogen-bond acceptors (Lipinski definition) is 5. The van der Waals surface area contributed by atoms with Crippen LogP contribution in [0.3, 0.4) is 0 Å². The topological polar surface area (TPSA) is 132 Å². The fourth-order valence-corrected chi connectivity index (χ4v) is 6.89. The highest BCUT2D eigenvalue weighted by molar-refractivity contribution is 6.04. The number of H-pyrrole nitrogens is 1. The maximum absolute atomic E-state index is 14.4. The number of rotatable bonds is 8. The summed E-state index contributed by atoms with van der Waals surface area (Å²) in [5.74, 6) is -0.969. The van der Waals surface area contributed by atoms with E-state index in [1.807, 2.05) is 24.3 Å². The molecule has 1 saturated carbocycles. The van der Waals surface area contributed by atoms with E-state index in [4.69, 9.17) is 0 Å².